The van der Waals surface area contributed by atoms with Crippen LogP contribution in [0.4, 0.5) is 5.69 Å². The fourth-order valence-electron chi connectivity index (χ4n) is 2.28. The number of likely N-dealkylation sites (N-methyl/N-ethyl adjacent to an activating group) is 1. The minimum atomic E-state index is 0.123. The Balaban J connectivity index is 1.66. The molecule has 0 heterocycles. The standard InChI is InChI=1S/C16H25N3O/c1-12(19(2)15-8-9-15)11-18-16(20)10-5-13-3-6-14(17)7-4-13/h3-4,6-7,12,15H,5,8-11,17H2,1-2H3,(H,18,20). The number of carbonyl (C=O) groups is 1. The van der Waals surface area contributed by atoms with Crippen molar-refractivity contribution in [2.24, 2.45) is 0 Å². The third-order valence-corrected chi connectivity index (χ3v) is 4.03. The molecule has 1 aliphatic rings. The lowest BCUT2D eigenvalue weighted by molar-refractivity contribution is -0.121. The summed E-state index contributed by atoms with van der Waals surface area (Å²) in [7, 11) is 2.14. The van der Waals surface area contributed by atoms with Crippen LogP contribution in [0, 0.1) is 0 Å². The van der Waals surface area contributed by atoms with Crippen molar-refractivity contribution in [1.82, 2.24) is 10.2 Å². The van der Waals surface area contributed by atoms with Gasteiger partial charge < -0.3 is 11.1 Å². The zero-order chi connectivity index (χ0) is 14.5. The lowest BCUT2D eigenvalue weighted by Crippen LogP contribution is -2.41. The number of hydrogen-bond acceptors (Lipinski definition) is 3. The zero-order valence-electron chi connectivity index (χ0n) is 12.4. The van der Waals surface area contributed by atoms with Gasteiger partial charge >= 0.3 is 0 Å². The van der Waals surface area contributed by atoms with Crippen LogP contribution >= 0.6 is 0 Å². The second-order valence-electron chi connectivity index (χ2n) is 5.79. The maximum absolute atomic E-state index is 11.8. The first kappa shape index (κ1) is 14.9. The molecule has 4 nitrogen and oxygen atoms in total. The largest absolute Gasteiger partial charge is 0.399 e. The van der Waals surface area contributed by atoms with Gasteiger partial charge in [-0.15, -0.1) is 0 Å². The van der Waals surface area contributed by atoms with Gasteiger partial charge in [-0.25, -0.2) is 0 Å². The van der Waals surface area contributed by atoms with E-state index in [2.05, 4.69) is 24.2 Å². The van der Waals surface area contributed by atoms with Gasteiger partial charge in [-0.2, -0.15) is 0 Å². The third kappa shape index (κ3) is 4.53. The fourth-order valence-corrected chi connectivity index (χ4v) is 2.28. The Hall–Kier alpha value is -1.55. The SMILES string of the molecule is CC(CNC(=O)CCc1ccc(N)cc1)N(C)C1CC1. The number of nitrogen functional groups attached to an aromatic ring is 1. The first-order chi connectivity index (χ1) is 9.56. The van der Waals surface area contributed by atoms with Crippen molar-refractivity contribution in [3.05, 3.63) is 29.8 Å². The predicted octanol–water partition coefficient (Wildman–Crippen LogP) is 1.80. The minimum Gasteiger partial charge on any atom is -0.399 e. The van der Waals surface area contributed by atoms with Gasteiger partial charge in [0.25, 0.3) is 0 Å². The number of amides is 1. The summed E-state index contributed by atoms with van der Waals surface area (Å²) in [5, 5.41) is 3.02. The average Bonchev–Trinajstić information content (AvgIpc) is 3.28. The Morgan fingerprint density at radius 1 is 1.40 bits per heavy atom. The van der Waals surface area contributed by atoms with Crippen LogP contribution in [-0.4, -0.2) is 36.5 Å². The maximum atomic E-state index is 11.8. The van der Waals surface area contributed by atoms with E-state index in [0.29, 0.717) is 12.5 Å². The number of hydrogen-bond donors (Lipinski definition) is 2. The van der Waals surface area contributed by atoms with Gasteiger partial charge in [0.15, 0.2) is 0 Å². The number of benzene rings is 1. The molecular weight excluding hydrogens is 250 g/mol. The lowest BCUT2D eigenvalue weighted by atomic mass is 10.1. The molecule has 0 aliphatic heterocycles. The van der Waals surface area contributed by atoms with E-state index < -0.39 is 0 Å². The number of carbonyl (C=O) groups excluding carboxylic acids is 1. The molecule has 1 unspecified atom stereocenters. The van der Waals surface area contributed by atoms with E-state index in [-0.39, 0.29) is 5.91 Å². The zero-order valence-corrected chi connectivity index (χ0v) is 12.4. The van der Waals surface area contributed by atoms with Gasteiger partial charge in [0.2, 0.25) is 5.91 Å². The van der Waals surface area contributed by atoms with Crippen LogP contribution in [0.5, 0.6) is 0 Å². The molecule has 1 aromatic rings. The van der Waals surface area contributed by atoms with Crippen molar-refractivity contribution in [3.8, 4) is 0 Å². The number of nitrogens with two attached hydrogens (primary N) is 1. The first-order valence-electron chi connectivity index (χ1n) is 7.39. The van der Waals surface area contributed by atoms with Crippen molar-refractivity contribution in [3.63, 3.8) is 0 Å². The second kappa shape index (κ2) is 6.75. The van der Waals surface area contributed by atoms with Gasteiger partial charge in [0.1, 0.15) is 0 Å². The second-order valence-corrected chi connectivity index (χ2v) is 5.79. The summed E-state index contributed by atoms with van der Waals surface area (Å²) >= 11 is 0. The third-order valence-electron chi connectivity index (χ3n) is 4.03. The summed E-state index contributed by atoms with van der Waals surface area (Å²) in [5.41, 5.74) is 7.55. The number of nitrogens with zero attached hydrogens (tertiary/aromatic N) is 1. The highest BCUT2D eigenvalue weighted by Crippen LogP contribution is 2.26. The summed E-state index contributed by atoms with van der Waals surface area (Å²) in [5.74, 6) is 0.123. The highest BCUT2D eigenvalue weighted by Gasteiger charge is 2.28. The number of anilines is 1. The molecule has 3 N–H and O–H groups in total. The maximum Gasteiger partial charge on any atom is 0.220 e. The summed E-state index contributed by atoms with van der Waals surface area (Å²) in [6.45, 7) is 2.89. The Labute approximate surface area is 121 Å². The molecule has 110 valence electrons. The molecule has 0 bridgehead atoms. The van der Waals surface area contributed by atoms with E-state index >= 15 is 0 Å². The molecule has 1 aliphatic carbocycles. The van der Waals surface area contributed by atoms with Crippen molar-refractivity contribution in [1.29, 1.82) is 0 Å². The van der Waals surface area contributed by atoms with Crippen LogP contribution in [0.3, 0.4) is 0 Å². The van der Waals surface area contributed by atoms with Crippen LogP contribution in [0.25, 0.3) is 0 Å². The Morgan fingerprint density at radius 2 is 2.05 bits per heavy atom. The van der Waals surface area contributed by atoms with E-state index in [4.69, 9.17) is 5.73 Å². The number of rotatable bonds is 7. The molecule has 1 atom stereocenters. The first-order valence-corrected chi connectivity index (χ1v) is 7.39. The molecule has 4 heteroatoms. The van der Waals surface area contributed by atoms with Crippen LogP contribution in [-0.2, 0) is 11.2 Å². The summed E-state index contributed by atoms with van der Waals surface area (Å²) in [4.78, 5) is 14.2. The van der Waals surface area contributed by atoms with Crippen molar-refractivity contribution < 1.29 is 4.79 Å². The highest BCUT2D eigenvalue weighted by molar-refractivity contribution is 5.76. The van der Waals surface area contributed by atoms with Gasteiger partial charge in [-0.1, -0.05) is 12.1 Å². The lowest BCUT2D eigenvalue weighted by Gasteiger charge is -2.24. The smallest absolute Gasteiger partial charge is 0.220 e. The molecule has 0 aromatic heterocycles. The molecule has 1 aromatic carbocycles. The van der Waals surface area contributed by atoms with Gasteiger partial charge in [0, 0.05) is 30.7 Å². The van der Waals surface area contributed by atoms with E-state index in [1.54, 1.807) is 0 Å². The van der Waals surface area contributed by atoms with Gasteiger partial charge in [-0.3, -0.25) is 9.69 Å². The van der Waals surface area contributed by atoms with Crippen molar-refractivity contribution in [2.45, 2.75) is 44.7 Å². The quantitative estimate of drug-likeness (QED) is 0.746. The Bertz CT molecular complexity index is 440. The summed E-state index contributed by atoms with van der Waals surface area (Å²) in [6.07, 6.45) is 3.89. The Kier molecular flexibility index (Phi) is 5.01. The predicted molar refractivity (Wildman–Crippen MR) is 82.4 cm³/mol. The molecule has 0 saturated heterocycles. The molecule has 2 rings (SSSR count). The average molecular weight is 275 g/mol. The highest BCUT2D eigenvalue weighted by atomic mass is 16.1. The van der Waals surface area contributed by atoms with Crippen LogP contribution in [0.15, 0.2) is 24.3 Å². The van der Waals surface area contributed by atoms with Crippen LogP contribution in [0.1, 0.15) is 31.7 Å². The molecule has 0 radical (unpaired) electrons. The summed E-state index contributed by atoms with van der Waals surface area (Å²) < 4.78 is 0. The van der Waals surface area contributed by atoms with Crippen LogP contribution in [0.2, 0.25) is 0 Å². The van der Waals surface area contributed by atoms with E-state index in [0.717, 1.165) is 30.3 Å². The Morgan fingerprint density at radius 3 is 2.65 bits per heavy atom. The molecule has 1 amide bonds. The monoisotopic (exact) mass is 275 g/mol. The normalized spacial score (nSPS) is 16.1. The molecule has 20 heavy (non-hydrogen) atoms. The van der Waals surface area contributed by atoms with E-state index in [9.17, 15) is 4.79 Å². The molecule has 0 spiro atoms. The minimum absolute atomic E-state index is 0.123. The van der Waals surface area contributed by atoms with Crippen molar-refractivity contribution >= 4 is 11.6 Å². The van der Waals surface area contributed by atoms with Gasteiger partial charge in [0.05, 0.1) is 0 Å². The topological polar surface area (TPSA) is 58.4 Å². The van der Waals surface area contributed by atoms with E-state index in [1.807, 2.05) is 24.3 Å². The van der Waals surface area contributed by atoms with E-state index in [1.165, 1.54) is 12.8 Å². The van der Waals surface area contributed by atoms with Crippen LogP contribution < -0.4 is 11.1 Å². The van der Waals surface area contributed by atoms with Crippen molar-refractivity contribution in [2.75, 3.05) is 19.3 Å². The summed E-state index contributed by atoms with van der Waals surface area (Å²) in [6, 6.07) is 8.84. The fraction of sp³-hybridized carbons (Fsp3) is 0.562. The number of aryl methyl sites for hydroxylation is 1. The molecule has 1 fully saturated rings. The van der Waals surface area contributed by atoms with Gasteiger partial charge in [-0.05, 0) is 50.9 Å². The molecular formula is C16H25N3O. The number of nitrogens with one attached hydrogen (secondary N) is 1. The molecule has 1 saturated carbocycles.